The number of aryl methyl sites for hydroxylation is 2. The molecule has 32 heavy (non-hydrogen) atoms. The Morgan fingerprint density at radius 3 is 2.28 bits per heavy atom. The predicted molar refractivity (Wildman–Crippen MR) is 125 cm³/mol. The molecular formula is C24H26N2O5S. The van der Waals surface area contributed by atoms with E-state index in [1.54, 1.807) is 42.5 Å². The fraction of sp³-hybridized carbons (Fsp3) is 0.208. The van der Waals surface area contributed by atoms with E-state index in [4.69, 9.17) is 9.47 Å². The summed E-state index contributed by atoms with van der Waals surface area (Å²) in [6.07, 6.45) is 0. The first kappa shape index (κ1) is 23.1. The maximum atomic E-state index is 13.5. The molecule has 0 aliphatic carbocycles. The first-order chi connectivity index (χ1) is 15.3. The molecule has 8 heteroatoms. The van der Waals surface area contributed by atoms with Crippen LogP contribution in [0.1, 0.15) is 11.1 Å². The third kappa shape index (κ3) is 5.03. The zero-order valence-corrected chi connectivity index (χ0v) is 19.3. The van der Waals surface area contributed by atoms with Crippen LogP contribution in [0.5, 0.6) is 11.5 Å². The lowest BCUT2D eigenvalue weighted by Gasteiger charge is -2.26. The van der Waals surface area contributed by atoms with Crippen molar-refractivity contribution in [1.29, 1.82) is 0 Å². The third-order valence-electron chi connectivity index (χ3n) is 4.92. The molecule has 1 N–H and O–H groups in total. The number of hydrogen-bond acceptors (Lipinski definition) is 5. The molecule has 3 aromatic rings. The molecule has 168 valence electrons. The van der Waals surface area contributed by atoms with Gasteiger partial charge in [0, 0.05) is 6.07 Å². The minimum absolute atomic E-state index is 0.103. The number of rotatable bonds is 8. The van der Waals surface area contributed by atoms with E-state index in [1.807, 2.05) is 26.0 Å². The van der Waals surface area contributed by atoms with Crippen LogP contribution in [0.2, 0.25) is 0 Å². The van der Waals surface area contributed by atoms with Crippen molar-refractivity contribution in [2.75, 3.05) is 30.4 Å². The van der Waals surface area contributed by atoms with Crippen molar-refractivity contribution >= 4 is 27.3 Å². The van der Waals surface area contributed by atoms with Crippen LogP contribution >= 0.6 is 0 Å². The molecule has 0 saturated carbocycles. The van der Waals surface area contributed by atoms with Gasteiger partial charge in [0.2, 0.25) is 5.91 Å². The van der Waals surface area contributed by atoms with Crippen LogP contribution in [0.15, 0.2) is 71.6 Å². The van der Waals surface area contributed by atoms with E-state index in [0.29, 0.717) is 22.9 Å². The van der Waals surface area contributed by atoms with Crippen LogP contribution in [0, 0.1) is 13.8 Å². The van der Waals surface area contributed by atoms with Gasteiger partial charge < -0.3 is 14.8 Å². The van der Waals surface area contributed by atoms with Crippen LogP contribution in [0.3, 0.4) is 0 Å². The molecular weight excluding hydrogens is 428 g/mol. The first-order valence-electron chi connectivity index (χ1n) is 9.93. The van der Waals surface area contributed by atoms with Gasteiger partial charge in [-0.2, -0.15) is 0 Å². The molecule has 3 rings (SSSR count). The molecule has 0 spiro atoms. The van der Waals surface area contributed by atoms with Crippen LogP contribution < -0.4 is 19.1 Å². The van der Waals surface area contributed by atoms with Crippen molar-refractivity contribution in [2.45, 2.75) is 18.7 Å². The summed E-state index contributed by atoms with van der Waals surface area (Å²) in [5.41, 5.74) is 2.56. The number of anilines is 2. The molecule has 0 bridgehead atoms. The molecule has 0 fully saturated rings. The molecule has 0 aromatic heterocycles. The fourth-order valence-corrected chi connectivity index (χ4v) is 4.84. The minimum atomic E-state index is -3.99. The second-order valence-electron chi connectivity index (χ2n) is 7.23. The largest absolute Gasteiger partial charge is 0.497 e. The average Bonchev–Trinajstić information content (AvgIpc) is 2.78. The predicted octanol–water partition coefficient (Wildman–Crippen LogP) is 4.15. The summed E-state index contributed by atoms with van der Waals surface area (Å²) in [4.78, 5) is 13.1. The van der Waals surface area contributed by atoms with Gasteiger partial charge in [-0.15, -0.1) is 0 Å². The summed E-state index contributed by atoms with van der Waals surface area (Å²) >= 11 is 0. The van der Waals surface area contributed by atoms with Crippen molar-refractivity contribution in [3.63, 3.8) is 0 Å². The number of nitrogens with zero attached hydrogens (tertiary/aromatic N) is 1. The van der Waals surface area contributed by atoms with E-state index in [0.717, 1.165) is 15.4 Å². The molecule has 0 atom stereocenters. The number of carbonyl (C=O) groups is 1. The maximum Gasteiger partial charge on any atom is 0.264 e. The minimum Gasteiger partial charge on any atom is -0.497 e. The Labute approximate surface area is 188 Å². The van der Waals surface area contributed by atoms with Crippen LogP contribution in [0.25, 0.3) is 0 Å². The summed E-state index contributed by atoms with van der Waals surface area (Å²) < 4.78 is 38.6. The Kier molecular flexibility index (Phi) is 7.05. The number of sulfonamides is 1. The Balaban J connectivity index is 1.99. The smallest absolute Gasteiger partial charge is 0.264 e. The van der Waals surface area contributed by atoms with Gasteiger partial charge in [0.05, 0.1) is 30.5 Å². The van der Waals surface area contributed by atoms with E-state index in [2.05, 4.69) is 5.32 Å². The first-order valence-corrected chi connectivity index (χ1v) is 11.4. The van der Waals surface area contributed by atoms with Crippen molar-refractivity contribution < 1.29 is 22.7 Å². The van der Waals surface area contributed by atoms with E-state index >= 15 is 0 Å². The number of amides is 1. The van der Waals surface area contributed by atoms with Gasteiger partial charge in [0.15, 0.2) is 0 Å². The fourth-order valence-electron chi connectivity index (χ4n) is 3.34. The molecule has 0 aliphatic rings. The third-order valence-corrected chi connectivity index (χ3v) is 6.69. The summed E-state index contributed by atoms with van der Waals surface area (Å²) in [7, 11) is -0.988. The number of ether oxygens (including phenoxy) is 2. The molecule has 3 aromatic carbocycles. The van der Waals surface area contributed by atoms with Gasteiger partial charge in [-0.1, -0.05) is 35.9 Å². The van der Waals surface area contributed by atoms with E-state index in [9.17, 15) is 13.2 Å². The zero-order chi connectivity index (χ0) is 23.3. The molecule has 0 heterocycles. The Morgan fingerprint density at radius 2 is 1.66 bits per heavy atom. The van der Waals surface area contributed by atoms with Crippen molar-refractivity contribution in [3.05, 3.63) is 77.9 Å². The lowest BCUT2D eigenvalue weighted by molar-refractivity contribution is -0.114. The molecule has 0 aliphatic heterocycles. The topological polar surface area (TPSA) is 84.9 Å². The molecule has 7 nitrogen and oxygen atoms in total. The second kappa shape index (κ2) is 9.74. The highest BCUT2D eigenvalue weighted by Crippen LogP contribution is 2.30. The molecule has 0 unspecified atom stereocenters. The van der Waals surface area contributed by atoms with Gasteiger partial charge >= 0.3 is 0 Å². The van der Waals surface area contributed by atoms with Crippen molar-refractivity contribution in [3.8, 4) is 11.5 Å². The van der Waals surface area contributed by atoms with E-state index < -0.39 is 22.5 Å². The van der Waals surface area contributed by atoms with Gasteiger partial charge in [-0.05, 0) is 49.7 Å². The van der Waals surface area contributed by atoms with Gasteiger partial charge in [0.25, 0.3) is 10.0 Å². The normalized spacial score (nSPS) is 11.0. The standard InChI is InChI=1S/C24H26N2O5S/c1-17-10-12-22(18(2)14-17)26(32(28,29)20-8-6-5-7-9-20)16-24(27)25-21-15-19(30-3)11-13-23(21)31-4/h5-15H,16H2,1-4H3,(H,25,27). The molecule has 1 amide bonds. The average molecular weight is 455 g/mol. The lowest BCUT2D eigenvalue weighted by atomic mass is 10.1. The monoisotopic (exact) mass is 454 g/mol. The Bertz CT molecular complexity index is 1210. The summed E-state index contributed by atoms with van der Waals surface area (Å²) in [5, 5.41) is 2.74. The van der Waals surface area contributed by atoms with Gasteiger partial charge in [0.1, 0.15) is 18.0 Å². The van der Waals surface area contributed by atoms with Gasteiger partial charge in [-0.3, -0.25) is 9.10 Å². The summed E-state index contributed by atoms with van der Waals surface area (Å²) in [5.74, 6) is 0.448. The summed E-state index contributed by atoms with van der Waals surface area (Å²) in [6.45, 7) is 3.33. The molecule has 0 saturated heterocycles. The second-order valence-corrected chi connectivity index (χ2v) is 9.09. The van der Waals surface area contributed by atoms with Crippen LogP contribution in [-0.2, 0) is 14.8 Å². The van der Waals surface area contributed by atoms with Crippen molar-refractivity contribution in [2.24, 2.45) is 0 Å². The zero-order valence-electron chi connectivity index (χ0n) is 18.5. The Morgan fingerprint density at radius 1 is 0.938 bits per heavy atom. The maximum absolute atomic E-state index is 13.5. The van der Waals surface area contributed by atoms with Crippen LogP contribution in [-0.4, -0.2) is 35.1 Å². The number of benzene rings is 3. The van der Waals surface area contributed by atoms with Gasteiger partial charge in [-0.25, -0.2) is 8.42 Å². The van der Waals surface area contributed by atoms with E-state index in [-0.39, 0.29) is 4.90 Å². The number of carbonyl (C=O) groups excluding carboxylic acids is 1. The Hall–Kier alpha value is -3.52. The number of methoxy groups -OCH3 is 2. The number of hydrogen-bond donors (Lipinski definition) is 1. The summed E-state index contributed by atoms with van der Waals surface area (Å²) in [6, 6.07) is 18.4. The number of nitrogens with one attached hydrogen (secondary N) is 1. The van der Waals surface area contributed by atoms with E-state index in [1.165, 1.54) is 26.4 Å². The quantitative estimate of drug-likeness (QED) is 0.553. The van der Waals surface area contributed by atoms with Crippen molar-refractivity contribution in [1.82, 2.24) is 0 Å². The highest BCUT2D eigenvalue weighted by Gasteiger charge is 2.28. The highest BCUT2D eigenvalue weighted by atomic mass is 32.2. The highest BCUT2D eigenvalue weighted by molar-refractivity contribution is 7.92. The lowest BCUT2D eigenvalue weighted by Crippen LogP contribution is -2.38. The molecule has 0 radical (unpaired) electrons. The van der Waals surface area contributed by atoms with Crippen LogP contribution in [0.4, 0.5) is 11.4 Å². The SMILES string of the molecule is COc1ccc(OC)c(NC(=O)CN(c2ccc(C)cc2C)S(=O)(=O)c2ccccc2)c1.